The van der Waals surface area contributed by atoms with Crippen LogP contribution >= 0.6 is 0 Å². The summed E-state index contributed by atoms with van der Waals surface area (Å²) in [7, 11) is 0. The summed E-state index contributed by atoms with van der Waals surface area (Å²) in [5.74, 6) is 0. The van der Waals surface area contributed by atoms with Gasteiger partial charge in [-0.2, -0.15) is 0 Å². The highest BCUT2D eigenvalue weighted by molar-refractivity contribution is 5.95. The smallest absolute Gasteiger partial charge is 0.0464 e. The van der Waals surface area contributed by atoms with Gasteiger partial charge in [-0.15, -0.1) is 0 Å². The van der Waals surface area contributed by atoms with Crippen molar-refractivity contribution in [2.24, 2.45) is 0 Å². The van der Waals surface area contributed by atoms with Gasteiger partial charge in [-0.1, -0.05) is 60.7 Å². The van der Waals surface area contributed by atoms with Crippen LogP contribution in [0.15, 0.2) is 66.7 Å². The zero-order chi connectivity index (χ0) is 14.9. The maximum Gasteiger partial charge on any atom is 0.0464 e. The molecule has 0 unspecified atom stereocenters. The molecule has 1 aliphatic rings. The molecule has 1 heterocycles. The van der Waals surface area contributed by atoms with Crippen LogP contribution in [0.4, 0.5) is 17.1 Å². The van der Waals surface area contributed by atoms with Crippen LogP contribution in [0.2, 0.25) is 0 Å². The van der Waals surface area contributed by atoms with Gasteiger partial charge in [0.15, 0.2) is 0 Å². The van der Waals surface area contributed by atoms with Gasteiger partial charge in [0.2, 0.25) is 0 Å². The van der Waals surface area contributed by atoms with Crippen LogP contribution in [0.3, 0.4) is 0 Å². The Morgan fingerprint density at radius 3 is 2.27 bits per heavy atom. The van der Waals surface area contributed by atoms with Crippen LogP contribution in [-0.2, 0) is 0 Å². The van der Waals surface area contributed by atoms with Crippen LogP contribution in [0.25, 0.3) is 23.3 Å². The number of rotatable bonds is 1. The standard InChI is InChI=1S/C20H16N2/c21-18-9-3-2-7-16(18)15-8-5-11-20-17(15)13-12-14-6-1-4-10-19(14)22-20/h1-13,22H,21H2. The molecule has 0 bridgehead atoms. The molecule has 0 saturated carbocycles. The summed E-state index contributed by atoms with van der Waals surface area (Å²) in [6, 6.07) is 22.6. The Hall–Kier alpha value is -3.00. The van der Waals surface area contributed by atoms with E-state index in [0.29, 0.717) is 0 Å². The first-order chi connectivity index (χ1) is 10.8. The van der Waals surface area contributed by atoms with Gasteiger partial charge in [0.25, 0.3) is 0 Å². The molecule has 3 aromatic carbocycles. The van der Waals surface area contributed by atoms with Gasteiger partial charge < -0.3 is 11.1 Å². The molecule has 0 radical (unpaired) electrons. The van der Waals surface area contributed by atoms with Crippen molar-refractivity contribution in [2.45, 2.75) is 0 Å². The van der Waals surface area contributed by atoms with E-state index < -0.39 is 0 Å². The van der Waals surface area contributed by atoms with Crippen LogP contribution in [0.1, 0.15) is 11.1 Å². The van der Waals surface area contributed by atoms with Crippen LogP contribution in [0.5, 0.6) is 0 Å². The van der Waals surface area contributed by atoms with Crippen molar-refractivity contribution in [1.29, 1.82) is 0 Å². The van der Waals surface area contributed by atoms with E-state index in [9.17, 15) is 0 Å². The van der Waals surface area contributed by atoms with E-state index in [2.05, 4.69) is 59.9 Å². The lowest BCUT2D eigenvalue weighted by molar-refractivity contribution is 1.52. The number of nitrogen functional groups attached to an aromatic ring is 1. The number of para-hydroxylation sites is 2. The van der Waals surface area contributed by atoms with Crippen LogP contribution in [-0.4, -0.2) is 0 Å². The van der Waals surface area contributed by atoms with E-state index in [-0.39, 0.29) is 0 Å². The number of benzene rings is 3. The Bertz CT molecular complexity index is 878. The predicted octanol–water partition coefficient (Wildman–Crippen LogP) is 5.16. The first kappa shape index (κ1) is 12.7. The maximum absolute atomic E-state index is 6.16. The molecule has 0 aliphatic carbocycles. The molecule has 3 N–H and O–H groups in total. The van der Waals surface area contributed by atoms with Gasteiger partial charge in [-0.05, 0) is 29.3 Å². The monoisotopic (exact) mass is 284 g/mol. The molecular weight excluding hydrogens is 268 g/mol. The van der Waals surface area contributed by atoms with E-state index in [0.717, 1.165) is 33.8 Å². The molecule has 0 saturated heterocycles. The molecule has 1 aliphatic heterocycles. The Labute approximate surface area is 129 Å². The number of fused-ring (bicyclic) bond motifs is 2. The number of hydrogen-bond donors (Lipinski definition) is 2. The van der Waals surface area contributed by atoms with Crippen LogP contribution in [0, 0.1) is 0 Å². The normalized spacial score (nSPS) is 12.0. The third kappa shape index (κ3) is 2.06. The first-order valence-corrected chi connectivity index (χ1v) is 7.35. The fourth-order valence-electron chi connectivity index (χ4n) is 2.91. The van der Waals surface area contributed by atoms with E-state index >= 15 is 0 Å². The fourth-order valence-corrected chi connectivity index (χ4v) is 2.91. The maximum atomic E-state index is 6.16. The second-order valence-electron chi connectivity index (χ2n) is 5.40. The molecule has 0 spiro atoms. The van der Waals surface area contributed by atoms with E-state index in [1.165, 1.54) is 5.56 Å². The molecule has 2 nitrogen and oxygen atoms in total. The summed E-state index contributed by atoms with van der Waals surface area (Å²) in [5, 5.41) is 3.53. The molecule has 3 aromatic rings. The van der Waals surface area contributed by atoms with Gasteiger partial charge in [0, 0.05) is 28.2 Å². The molecule has 2 heteroatoms. The fraction of sp³-hybridized carbons (Fsp3) is 0. The Kier molecular flexibility index (Phi) is 2.94. The number of nitrogens with one attached hydrogen (secondary N) is 1. The summed E-state index contributed by atoms with van der Waals surface area (Å²) >= 11 is 0. The Morgan fingerprint density at radius 2 is 1.36 bits per heavy atom. The van der Waals surface area contributed by atoms with E-state index in [1.54, 1.807) is 0 Å². The lowest BCUT2D eigenvalue weighted by Crippen LogP contribution is -1.96. The van der Waals surface area contributed by atoms with Gasteiger partial charge in [-0.25, -0.2) is 0 Å². The number of nitrogens with two attached hydrogens (primary N) is 1. The zero-order valence-electron chi connectivity index (χ0n) is 12.1. The van der Waals surface area contributed by atoms with Crippen molar-refractivity contribution in [3.05, 3.63) is 77.9 Å². The minimum absolute atomic E-state index is 0.797. The topological polar surface area (TPSA) is 38.0 Å². The summed E-state index contributed by atoms with van der Waals surface area (Å²) < 4.78 is 0. The van der Waals surface area contributed by atoms with E-state index in [1.807, 2.05) is 24.3 Å². The van der Waals surface area contributed by atoms with Gasteiger partial charge in [-0.3, -0.25) is 0 Å². The number of hydrogen-bond acceptors (Lipinski definition) is 2. The van der Waals surface area contributed by atoms with Crippen molar-refractivity contribution in [3.8, 4) is 11.1 Å². The molecule has 22 heavy (non-hydrogen) atoms. The summed E-state index contributed by atoms with van der Waals surface area (Å²) in [5.41, 5.74) is 13.7. The highest BCUT2D eigenvalue weighted by atomic mass is 14.9. The highest BCUT2D eigenvalue weighted by Crippen LogP contribution is 2.37. The second-order valence-corrected chi connectivity index (χ2v) is 5.40. The molecule has 0 atom stereocenters. The first-order valence-electron chi connectivity index (χ1n) is 7.35. The molecule has 4 rings (SSSR count). The average molecular weight is 284 g/mol. The second kappa shape index (κ2) is 5.08. The van der Waals surface area contributed by atoms with Crippen molar-refractivity contribution in [2.75, 3.05) is 11.1 Å². The zero-order valence-corrected chi connectivity index (χ0v) is 12.1. The Balaban J connectivity index is 1.92. The number of anilines is 3. The third-order valence-corrected chi connectivity index (χ3v) is 4.02. The summed E-state index contributed by atoms with van der Waals surface area (Å²) in [6.45, 7) is 0. The molecule has 0 fully saturated rings. The highest BCUT2D eigenvalue weighted by Gasteiger charge is 2.13. The molecule has 0 aromatic heterocycles. The lowest BCUT2D eigenvalue weighted by atomic mass is 9.96. The van der Waals surface area contributed by atoms with Gasteiger partial charge in [0.05, 0.1) is 0 Å². The average Bonchev–Trinajstić information content (AvgIpc) is 2.74. The summed E-state index contributed by atoms with van der Waals surface area (Å²) in [6.07, 6.45) is 4.31. The van der Waals surface area contributed by atoms with Gasteiger partial charge >= 0.3 is 0 Å². The quantitative estimate of drug-likeness (QED) is 0.474. The minimum Gasteiger partial charge on any atom is -0.398 e. The lowest BCUT2D eigenvalue weighted by Gasteiger charge is -2.14. The van der Waals surface area contributed by atoms with Crippen LogP contribution < -0.4 is 11.1 Å². The van der Waals surface area contributed by atoms with Crippen molar-refractivity contribution < 1.29 is 0 Å². The largest absolute Gasteiger partial charge is 0.398 e. The third-order valence-electron chi connectivity index (χ3n) is 4.02. The van der Waals surface area contributed by atoms with Crippen molar-refractivity contribution in [1.82, 2.24) is 0 Å². The predicted molar refractivity (Wildman–Crippen MR) is 94.9 cm³/mol. The summed E-state index contributed by atoms with van der Waals surface area (Å²) in [4.78, 5) is 0. The molecule has 106 valence electrons. The van der Waals surface area contributed by atoms with E-state index in [4.69, 9.17) is 5.73 Å². The Morgan fingerprint density at radius 1 is 0.636 bits per heavy atom. The SMILES string of the molecule is Nc1ccccc1-c1cccc2c1C=Cc1ccccc1N2. The molecular formula is C20H16N2. The van der Waals surface area contributed by atoms with Crippen molar-refractivity contribution in [3.63, 3.8) is 0 Å². The van der Waals surface area contributed by atoms with Gasteiger partial charge in [0.1, 0.15) is 0 Å². The van der Waals surface area contributed by atoms with Crippen molar-refractivity contribution >= 4 is 29.2 Å². The minimum atomic E-state index is 0.797. The molecule has 0 amide bonds.